The lowest BCUT2D eigenvalue weighted by atomic mass is 10.3. The van der Waals surface area contributed by atoms with Gasteiger partial charge in [-0.1, -0.05) is 0 Å². The van der Waals surface area contributed by atoms with Crippen molar-refractivity contribution in [3.05, 3.63) is 29.8 Å². The summed E-state index contributed by atoms with van der Waals surface area (Å²) in [6.45, 7) is 0.604. The minimum atomic E-state index is -0.634. The average molecular weight is 254 g/mol. The molecule has 1 aromatic heterocycles. The highest BCUT2D eigenvalue weighted by Gasteiger charge is 2.06. The van der Waals surface area contributed by atoms with Gasteiger partial charge in [-0.3, -0.25) is 4.79 Å². The second-order valence-electron chi connectivity index (χ2n) is 3.75. The molecular weight excluding hydrogens is 239 g/mol. The lowest BCUT2D eigenvalue weighted by Gasteiger charge is -2.12. The summed E-state index contributed by atoms with van der Waals surface area (Å²) in [6.07, 6.45) is 1.16. The van der Waals surface area contributed by atoms with Crippen LogP contribution < -0.4 is 10.6 Å². The van der Waals surface area contributed by atoms with Gasteiger partial charge in [0.15, 0.2) is 0 Å². The van der Waals surface area contributed by atoms with E-state index in [9.17, 15) is 14.0 Å². The summed E-state index contributed by atoms with van der Waals surface area (Å²) in [5.41, 5.74) is 0.273. The third-order valence-corrected chi connectivity index (χ3v) is 2.08. The van der Waals surface area contributed by atoms with Crippen molar-refractivity contribution >= 4 is 11.9 Å². The van der Waals surface area contributed by atoms with Gasteiger partial charge in [-0.05, 0) is 12.1 Å². The number of hydrogen-bond donors (Lipinski definition) is 2. The van der Waals surface area contributed by atoms with E-state index in [4.69, 9.17) is 0 Å². The van der Waals surface area contributed by atoms with Crippen molar-refractivity contribution in [1.82, 2.24) is 20.5 Å². The van der Waals surface area contributed by atoms with E-state index in [1.54, 1.807) is 14.1 Å². The minimum Gasteiger partial charge on any atom is -0.350 e. The molecule has 1 rings (SSSR count). The molecule has 0 saturated carbocycles. The van der Waals surface area contributed by atoms with E-state index in [0.29, 0.717) is 6.54 Å². The van der Waals surface area contributed by atoms with Gasteiger partial charge in [0.1, 0.15) is 0 Å². The Labute approximate surface area is 104 Å². The van der Waals surface area contributed by atoms with Gasteiger partial charge in [-0.2, -0.15) is 4.39 Å². The smallest absolute Gasteiger partial charge is 0.316 e. The van der Waals surface area contributed by atoms with Crippen molar-refractivity contribution in [1.29, 1.82) is 0 Å². The molecule has 18 heavy (non-hydrogen) atoms. The van der Waals surface area contributed by atoms with E-state index < -0.39 is 5.95 Å². The number of carbonyl (C=O) groups excluding carboxylic acids is 2. The first-order valence-corrected chi connectivity index (χ1v) is 5.35. The standard InChI is InChI=1S/C11H15FN4O2/c1-16(2)11(18)14-6-5-13-10(17)8-3-4-9(12)15-7-8/h3-4,7H,5-6H2,1-2H3,(H,13,17)(H,14,18). The predicted molar refractivity (Wildman–Crippen MR) is 63.6 cm³/mol. The molecule has 0 aliphatic rings. The monoisotopic (exact) mass is 254 g/mol. The van der Waals surface area contributed by atoms with Crippen molar-refractivity contribution in [2.45, 2.75) is 0 Å². The third kappa shape index (κ3) is 4.36. The fourth-order valence-corrected chi connectivity index (χ4v) is 1.12. The lowest BCUT2D eigenvalue weighted by molar-refractivity contribution is 0.0953. The minimum absolute atomic E-state index is 0.229. The molecule has 1 aromatic rings. The van der Waals surface area contributed by atoms with Crippen molar-refractivity contribution in [2.24, 2.45) is 0 Å². The number of nitrogens with zero attached hydrogens (tertiary/aromatic N) is 2. The molecule has 0 aliphatic heterocycles. The van der Waals surface area contributed by atoms with Crippen LogP contribution in [0.1, 0.15) is 10.4 Å². The molecule has 0 atom stereocenters. The van der Waals surface area contributed by atoms with Crippen molar-refractivity contribution in [3.63, 3.8) is 0 Å². The third-order valence-electron chi connectivity index (χ3n) is 2.08. The quantitative estimate of drug-likeness (QED) is 0.596. The van der Waals surface area contributed by atoms with Crippen LogP contribution in [0, 0.1) is 5.95 Å². The Balaban J connectivity index is 2.29. The van der Waals surface area contributed by atoms with E-state index in [2.05, 4.69) is 15.6 Å². The van der Waals surface area contributed by atoms with E-state index in [0.717, 1.165) is 12.3 Å². The van der Waals surface area contributed by atoms with Crippen LogP contribution in [0.5, 0.6) is 0 Å². The number of nitrogens with one attached hydrogen (secondary N) is 2. The number of carbonyl (C=O) groups is 2. The summed E-state index contributed by atoms with van der Waals surface area (Å²) in [4.78, 5) is 27.5. The lowest BCUT2D eigenvalue weighted by Crippen LogP contribution is -2.39. The number of hydrogen-bond acceptors (Lipinski definition) is 3. The molecule has 0 saturated heterocycles. The van der Waals surface area contributed by atoms with Crippen molar-refractivity contribution in [2.75, 3.05) is 27.2 Å². The summed E-state index contributed by atoms with van der Waals surface area (Å²) in [6, 6.07) is 2.23. The van der Waals surface area contributed by atoms with Crippen LogP contribution in [0.4, 0.5) is 9.18 Å². The molecule has 0 radical (unpaired) electrons. The molecule has 3 amide bonds. The molecule has 2 N–H and O–H groups in total. The highest BCUT2D eigenvalue weighted by atomic mass is 19.1. The topological polar surface area (TPSA) is 74.3 Å². The summed E-state index contributed by atoms with van der Waals surface area (Å²) in [5.74, 6) is -0.994. The van der Waals surface area contributed by atoms with Gasteiger partial charge < -0.3 is 15.5 Å². The maximum absolute atomic E-state index is 12.5. The van der Waals surface area contributed by atoms with Crippen LogP contribution in [0.25, 0.3) is 0 Å². The summed E-state index contributed by atoms with van der Waals surface area (Å²) in [5, 5.41) is 5.17. The molecular formula is C11H15FN4O2. The Morgan fingerprint density at radius 2 is 1.94 bits per heavy atom. The van der Waals surface area contributed by atoms with E-state index in [1.807, 2.05) is 0 Å². The zero-order chi connectivity index (χ0) is 13.5. The summed E-state index contributed by atoms with van der Waals surface area (Å²) < 4.78 is 12.5. The fraction of sp³-hybridized carbons (Fsp3) is 0.364. The second-order valence-corrected chi connectivity index (χ2v) is 3.75. The molecule has 0 fully saturated rings. The highest BCUT2D eigenvalue weighted by molar-refractivity contribution is 5.93. The molecule has 7 heteroatoms. The molecule has 0 aromatic carbocycles. The van der Waals surface area contributed by atoms with Gasteiger partial charge >= 0.3 is 6.03 Å². The highest BCUT2D eigenvalue weighted by Crippen LogP contribution is 1.98. The first-order chi connectivity index (χ1) is 8.50. The number of rotatable bonds is 4. The Morgan fingerprint density at radius 3 is 2.50 bits per heavy atom. The molecule has 0 spiro atoms. The normalized spacial score (nSPS) is 9.72. The molecule has 6 nitrogen and oxygen atoms in total. The van der Waals surface area contributed by atoms with Gasteiger partial charge in [0, 0.05) is 33.4 Å². The van der Waals surface area contributed by atoms with Crippen LogP contribution in [-0.2, 0) is 0 Å². The Morgan fingerprint density at radius 1 is 1.28 bits per heavy atom. The maximum atomic E-state index is 12.5. The van der Waals surface area contributed by atoms with Crippen LogP contribution in [0.2, 0.25) is 0 Å². The predicted octanol–water partition coefficient (Wildman–Crippen LogP) is 0.222. The van der Waals surface area contributed by atoms with Crippen LogP contribution in [0.15, 0.2) is 18.3 Å². The SMILES string of the molecule is CN(C)C(=O)NCCNC(=O)c1ccc(F)nc1. The van der Waals surface area contributed by atoms with Gasteiger partial charge in [0.25, 0.3) is 5.91 Å². The van der Waals surface area contributed by atoms with Crippen LogP contribution in [0.3, 0.4) is 0 Å². The van der Waals surface area contributed by atoms with Crippen LogP contribution in [-0.4, -0.2) is 49.0 Å². The number of halogens is 1. The van der Waals surface area contributed by atoms with E-state index in [-0.39, 0.29) is 24.0 Å². The van der Waals surface area contributed by atoms with Crippen molar-refractivity contribution in [3.8, 4) is 0 Å². The molecule has 0 unspecified atom stereocenters. The summed E-state index contributed by atoms with van der Waals surface area (Å²) >= 11 is 0. The number of urea groups is 1. The largest absolute Gasteiger partial charge is 0.350 e. The summed E-state index contributed by atoms with van der Waals surface area (Å²) in [7, 11) is 3.25. The maximum Gasteiger partial charge on any atom is 0.316 e. The van der Waals surface area contributed by atoms with Gasteiger partial charge in [0.2, 0.25) is 5.95 Å². The Kier molecular flexibility index (Phi) is 5.04. The van der Waals surface area contributed by atoms with Gasteiger partial charge in [-0.25, -0.2) is 9.78 Å². The molecule has 0 aliphatic carbocycles. The number of amides is 3. The van der Waals surface area contributed by atoms with Crippen molar-refractivity contribution < 1.29 is 14.0 Å². The average Bonchev–Trinajstić information content (AvgIpc) is 2.34. The number of aromatic nitrogens is 1. The molecule has 1 heterocycles. The van der Waals surface area contributed by atoms with Gasteiger partial charge in [-0.15, -0.1) is 0 Å². The first-order valence-electron chi connectivity index (χ1n) is 5.35. The van der Waals surface area contributed by atoms with E-state index >= 15 is 0 Å². The molecule has 0 bridgehead atoms. The first kappa shape index (κ1) is 13.9. The zero-order valence-corrected chi connectivity index (χ0v) is 10.2. The van der Waals surface area contributed by atoms with E-state index in [1.165, 1.54) is 11.0 Å². The zero-order valence-electron chi connectivity index (χ0n) is 10.2. The Bertz CT molecular complexity index is 420. The number of pyridine rings is 1. The second kappa shape index (κ2) is 6.53. The fourth-order valence-electron chi connectivity index (χ4n) is 1.12. The molecule has 98 valence electrons. The Hall–Kier alpha value is -2.18. The van der Waals surface area contributed by atoms with Gasteiger partial charge in [0.05, 0.1) is 5.56 Å². The van der Waals surface area contributed by atoms with Crippen LogP contribution >= 0.6 is 0 Å².